The van der Waals surface area contributed by atoms with Crippen molar-refractivity contribution >= 4 is 16.8 Å². The van der Waals surface area contributed by atoms with Crippen LogP contribution in [0.25, 0.3) is 0 Å². The molecule has 0 aromatic heterocycles. The molecule has 6 nitrogen and oxygen atoms in total. The van der Waals surface area contributed by atoms with E-state index < -0.39 is 16.9 Å². The third kappa shape index (κ3) is 7.00. The van der Waals surface area contributed by atoms with Gasteiger partial charge in [-0.2, -0.15) is 0 Å². The Labute approximate surface area is 140 Å². The number of amides is 2. The Morgan fingerprint density at radius 1 is 1.26 bits per heavy atom. The van der Waals surface area contributed by atoms with Gasteiger partial charge in [-0.3, -0.25) is 4.21 Å². The van der Waals surface area contributed by atoms with Crippen LogP contribution in [0.1, 0.15) is 32.4 Å². The van der Waals surface area contributed by atoms with Gasteiger partial charge in [0, 0.05) is 34.4 Å². The number of nitrogens with one attached hydrogen (secondary N) is 2. The van der Waals surface area contributed by atoms with Crippen molar-refractivity contribution in [2.75, 3.05) is 26.0 Å². The van der Waals surface area contributed by atoms with E-state index in [1.165, 1.54) is 0 Å². The van der Waals surface area contributed by atoms with E-state index >= 15 is 0 Å². The molecule has 1 aromatic rings. The van der Waals surface area contributed by atoms with Gasteiger partial charge in [0.2, 0.25) is 0 Å². The number of aliphatic hydroxyl groups excluding tert-OH is 1. The summed E-state index contributed by atoms with van der Waals surface area (Å²) in [6.07, 6.45) is -0.796. The molecule has 1 rings (SSSR count). The van der Waals surface area contributed by atoms with Crippen molar-refractivity contribution in [1.82, 2.24) is 10.6 Å². The third-order valence-corrected chi connectivity index (χ3v) is 5.15. The number of rotatable bonds is 7. The summed E-state index contributed by atoms with van der Waals surface area (Å²) in [4.78, 5) is 11.7. The maximum atomic E-state index is 11.8. The van der Waals surface area contributed by atoms with Gasteiger partial charge in [0.25, 0.3) is 0 Å². The van der Waals surface area contributed by atoms with Gasteiger partial charge in [-0.1, -0.05) is 12.1 Å². The minimum Gasteiger partial charge on any atom is -0.497 e. The van der Waals surface area contributed by atoms with E-state index in [0.29, 0.717) is 23.6 Å². The molecule has 0 aliphatic rings. The van der Waals surface area contributed by atoms with Crippen molar-refractivity contribution in [3.05, 3.63) is 29.8 Å². The Hall–Kier alpha value is -1.60. The molecule has 23 heavy (non-hydrogen) atoms. The van der Waals surface area contributed by atoms with E-state index in [9.17, 15) is 14.1 Å². The van der Waals surface area contributed by atoms with Crippen LogP contribution < -0.4 is 15.4 Å². The molecular weight excluding hydrogens is 316 g/mol. The number of methoxy groups -OCH3 is 1. The van der Waals surface area contributed by atoms with Crippen LogP contribution in [0.3, 0.4) is 0 Å². The average Bonchev–Trinajstić information content (AvgIpc) is 2.51. The molecule has 0 aliphatic carbocycles. The van der Waals surface area contributed by atoms with Gasteiger partial charge in [0.05, 0.1) is 13.2 Å². The van der Waals surface area contributed by atoms with Crippen molar-refractivity contribution in [2.24, 2.45) is 0 Å². The highest BCUT2D eigenvalue weighted by atomic mass is 32.2. The van der Waals surface area contributed by atoms with E-state index in [2.05, 4.69) is 10.6 Å². The Balaban J connectivity index is 2.31. The first-order valence-corrected chi connectivity index (χ1v) is 8.78. The van der Waals surface area contributed by atoms with Crippen molar-refractivity contribution in [3.8, 4) is 5.75 Å². The smallest absolute Gasteiger partial charge is 0.314 e. The molecule has 7 heteroatoms. The van der Waals surface area contributed by atoms with Crippen LogP contribution in [0.2, 0.25) is 0 Å². The Morgan fingerprint density at radius 3 is 2.39 bits per heavy atom. The fraction of sp³-hybridized carbons (Fsp3) is 0.562. The molecule has 0 spiro atoms. The minimum atomic E-state index is -1.00. The first kappa shape index (κ1) is 19.4. The SMILES string of the molecule is COc1ccc(C(O)CNC(=O)NCCS(=O)C(C)(C)C)cc1. The number of hydrogen-bond acceptors (Lipinski definition) is 4. The third-order valence-electron chi connectivity index (χ3n) is 3.21. The van der Waals surface area contributed by atoms with E-state index in [0.717, 1.165) is 0 Å². The number of ether oxygens (including phenoxy) is 1. The highest BCUT2D eigenvalue weighted by molar-refractivity contribution is 7.86. The van der Waals surface area contributed by atoms with E-state index in [1.54, 1.807) is 31.4 Å². The van der Waals surface area contributed by atoms with Crippen LogP contribution in [-0.4, -0.2) is 46.0 Å². The molecule has 0 saturated heterocycles. The monoisotopic (exact) mass is 342 g/mol. The molecule has 0 fully saturated rings. The fourth-order valence-electron chi connectivity index (χ4n) is 1.76. The van der Waals surface area contributed by atoms with Gasteiger partial charge in [0.1, 0.15) is 5.75 Å². The Morgan fingerprint density at radius 2 is 1.87 bits per heavy atom. The molecule has 2 amide bonds. The van der Waals surface area contributed by atoms with Crippen molar-refractivity contribution in [1.29, 1.82) is 0 Å². The molecule has 2 atom stereocenters. The van der Waals surface area contributed by atoms with Gasteiger partial charge >= 0.3 is 6.03 Å². The second-order valence-corrected chi connectivity index (χ2v) is 8.41. The van der Waals surface area contributed by atoms with Crippen LogP contribution in [0.5, 0.6) is 5.75 Å². The summed E-state index contributed by atoms with van der Waals surface area (Å²) in [5.41, 5.74) is 0.694. The summed E-state index contributed by atoms with van der Waals surface area (Å²) in [6.45, 7) is 6.12. The largest absolute Gasteiger partial charge is 0.497 e. The lowest BCUT2D eigenvalue weighted by Gasteiger charge is -2.18. The molecular formula is C16H26N2O4S. The number of hydrogen-bond donors (Lipinski definition) is 3. The molecule has 0 aliphatic heterocycles. The van der Waals surface area contributed by atoms with E-state index in [-0.39, 0.29) is 17.3 Å². The standard InChI is InChI=1S/C16H26N2O4S/c1-16(2,3)23(21)10-9-17-15(20)18-11-14(19)12-5-7-13(22-4)8-6-12/h5-8,14,19H,9-11H2,1-4H3,(H2,17,18,20). The van der Waals surface area contributed by atoms with Gasteiger partial charge in [-0.25, -0.2) is 4.79 Å². The number of carbonyl (C=O) groups is 1. The van der Waals surface area contributed by atoms with Gasteiger partial charge < -0.3 is 20.5 Å². The van der Waals surface area contributed by atoms with Crippen molar-refractivity contribution in [2.45, 2.75) is 31.6 Å². The van der Waals surface area contributed by atoms with Gasteiger partial charge in [0.15, 0.2) is 0 Å². The summed E-state index contributed by atoms with van der Waals surface area (Å²) in [7, 11) is 0.570. The van der Waals surface area contributed by atoms with E-state index in [1.807, 2.05) is 20.8 Å². The van der Waals surface area contributed by atoms with Gasteiger partial charge in [-0.15, -0.1) is 0 Å². The van der Waals surface area contributed by atoms with Crippen molar-refractivity contribution in [3.63, 3.8) is 0 Å². The highest BCUT2D eigenvalue weighted by Crippen LogP contribution is 2.16. The lowest BCUT2D eigenvalue weighted by atomic mass is 10.1. The van der Waals surface area contributed by atoms with E-state index in [4.69, 9.17) is 4.74 Å². The Bertz CT molecular complexity index is 526. The molecule has 0 radical (unpaired) electrons. The van der Waals surface area contributed by atoms with Crippen LogP contribution in [-0.2, 0) is 10.8 Å². The normalized spacial score (nSPS) is 14.0. The summed E-state index contributed by atoms with van der Waals surface area (Å²) in [6, 6.07) is 6.61. The highest BCUT2D eigenvalue weighted by Gasteiger charge is 2.19. The first-order valence-electron chi connectivity index (χ1n) is 7.46. The lowest BCUT2D eigenvalue weighted by molar-refractivity contribution is 0.173. The zero-order chi connectivity index (χ0) is 17.5. The number of aliphatic hydroxyl groups is 1. The minimum absolute atomic E-state index is 0.0977. The first-order chi connectivity index (χ1) is 10.7. The van der Waals surface area contributed by atoms with Crippen LogP contribution in [0.15, 0.2) is 24.3 Å². The molecule has 130 valence electrons. The molecule has 3 N–H and O–H groups in total. The quantitative estimate of drug-likeness (QED) is 0.702. The molecule has 0 heterocycles. The zero-order valence-electron chi connectivity index (χ0n) is 14.1. The van der Waals surface area contributed by atoms with Crippen LogP contribution in [0, 0.1) is 0 Å². The van der Waals surface area contributed by atoms with Gasteiger partial charge in [-0.05, 0) is 38.5 Å². The number of benzene rings is 1. The fourth-order valence-corrected chi connectivity index (χ4v) is 2.66. The number of urea groups is 1. The molecule has 0 bridgehead atoms. The summed E-state index contributed by atoms with van der Waals surface area (Å²) in [5.74, 6) is 1.11. The predicted molar refractivity (Wildman–Crippen MR) is 92.1 cm³/mol. The number of carbonyl (C=O) groups excluding carboxylic acids is 1. The summed E-state index contributed by atoms with van der Waals surface area (Å²) >= 11 is 0. The second-order valence-electron chi connectivity index (χ2n) is 6.09. The Kier molecular flexibility index (Phi) is 7.51. The van der Waals surface area contributed by atoms with Crippen molar-refractivity contribution < 1.29 is 18.8 Å². The topological polar surface area (TPSA) is 87.7 Å². The average molecular weight is 342 g/mol. The molecule has 2 unspecified atom stereocenters. The molecule has 1 aromatic carbocycles. The predicted octanol–water partition coefficient (Wildman–Crippen LogP) is 1.57. The maximum Gasteiger partial charge on any atom is 0.314 e. The lowest BCUT2D eigenvalue weighted by Crippen LogP contribution is -2.40. The second kappa shape index (κ2) is 8.88. The van der Waals surface area contributed by atoms with Crippen LogP contribution in [0.4, 0.5) is 4.79 Å². The molecule has 0 saturated carbocycles. The summed E-state index contributed by atoms with van der Waals surface area (Å²) < 4.78 is 16.6. The van der Waals surface area contributed by atoms with Crippen LogP contribution >= 0.6 is 0 Å². The maximum absolute atomic E-state index is 11.8. The zero-order valence-corrected chi connectivity index (χ0v) is 14.9. The summed E-state index contributed by atoms with van der Waals surface area (Å²) in [5, 5.41) is 15.2.